The van der Waals surface area contributed by atoms with E-state index in [9.17, 15) is 4.79 Å². The summed E-state index contributed by atoms with van der Waals surface area (Å²) >= 11 is 0. The van der Waals surface area contributed by atoms with Gasteiger partial charge in [-0.05, 0) is 78.0 Å². The molecule has 1 aliphatic heterocycles. The van der Waals surface area contributed by atoms with Crippen molar-refractivity contribution in [1.29, 1.82) is 0 Å². The summed E-state index contributed by atoms with van der Waals surface area (Å²) in [5, 5.41) is 0. The van der Waals surface area contributed by atoms with Crippen molar-refractivity contribution in [2.45, 2.75) is 117 Å². The molecule has 1 fully saturated rings. The summed E-state index contributed by atoms with van der Waals surface area (Å²) in [4.78, 5) is 14.6. The second-order valence-corrected chi connectivity index (χ2v) is 10.9. The lowest BCUT2D eigenvalue weighted by atomic mass is 10.0. The lowest BCUT2D eigenvalue weighted by molar-refractivity contribution is -0.0626. The molecule has 1 saturated heterocycles. The normalized spacial score (nSPS) is 17.6. The largest absolute Gasteiger partial charge is 0.493 e. The van der Waals surface area contributed by atoms with E-state index in [1.54, 1.807) is 12.0 Å². The second-order valence-electron chi connectivity index (χ2n) is 10.9. The summed E-state index contributed by atoms with van der Waals surface area (Å²) in [6, 6.07) is 4.18. The third kappa shape index (κ3) is 8.37. The van der Waals surface area contributed by atoms with Crippen LogP contribution < -0.4 is 9.47 Å². The smallest absolute Gasteiger partial charge is 0.412 e. The molecule has 0 aromatic heterocycles. The molecule has 0 saturated carbocycles. The number of nitrogens with zero attached hydrogens (tertiary/aromatic N) is 1. The van der Waals surface area contributed by atoms with Gasteiger partial charge < -0.3 is 18.9 Å². The third-order valence-corrected chi connectivity index (χ3v) is 6.20. The minimum atomic E-state index is -0.686. The summed E-state index contributed by atoms with van der Waals surface area (Å²) < 4.78 is 23.4. The zero-order valence-electron chi connectivity index (χ0n) is 22.8. The van der Waals surface area contributed by atoms with Crippen LogP contribution in [0.2, 0.25) is 0 Å². The molecule has 2 rings (SSSR count). The van der Waals surface area contributed by atoms with Crippen LogP contribution in [-0.2, 0) is 15.9 Å². The van der Waals surface area contributed by atoms with Crippen LogP contribution in [0.25, 0.3) is 0 Å². The molecule has 1 amide bonds. The first-order chi connectivity index (χ1) is 16.0. The highest BCUT2D eigenvalue weighted by Crippen LogP contribution is 2.35. The molecular weight excluding hydrogens is 430 g/mol. The van der Waals surface area contributed by atoms with Crippen molar-refractivity contribution in [3.8, 4) is 11.5 Å². The van der Waals surface area contributed by atoms with Crippen LogP contribution in [0.1, 0.15) is 97.6 Å². The molecule has 6 nitrogen and oxygen atoms in total. The fourth-order valence-corrected chi connectivity index (χ4v) is 4.46. The summed E-state index contributed by atoms with van der Waals surface area (Å²) in [5.41, 5.74) is 1.01. The van der Waals surface area contributed by atoms with Crippen molar-refractivity contribution >= 4 is 6.09 Å². The first kappa shape index (κ1) is 28.3. The SMILES string of the molecule is CCCCCCCCOc1c(C)cc(CCC2COC(C)(C)N2C(=O)OC(C)(C)C)cc1OC. The van der Waals surface area contributed by atoms with E-state index in [-0.39, 0.29) is 12.1 Å². The zero-order chi connectivity index (χ0) is 25.4. The maximum atomic E-state index is 12.9. The highest BCUT2D eigenvalue weighted by atomic mass is 16.6. The van der Waals surface area contributed by atoms with Gasteiger partial charge in [0.05, 0.1) is 26.4 Å². The Morgan fingerprint density at radius 3 is 2.47 bits per heavy atom. The Morgan fingerprint density at radius 2 is 1.82 bits per heavy atom. The molecular formula is C28H47NO5. The number of benzene rings is 1. The fourth-order valence-electron chi connectivity index (χ4n) is 4.46. The van der Waals surface area contributed by atoms with Gasteiger partial charge in [0.1, 0.15) is 11.3 Å². The van der Waals surface area contributed by atoms with Crippen LogP contribution in [0.5, 0.6) is 11.5 Å². The van der Waals surface area contributed by atoms with Gasteiger partial charge in [-0.15, -0.1) is 0 Å². The number of hydrogen-bond acceptors (Lipinski definition) is 5. The number of aryl methyl sites for hydroxylation is 2. The highest BCUT2D eigenvalue weighted by Gasteiger charge is 2.45. The van der Waals surface area contributed by atoms with Gasteiger partial charge in [-0.1, -0.05) is 45.1 Å². The molecule has 0 bridgehead atoms. The molecule has 6 heteroatoms. The van der Waals surface area contributed by atoms with E-state index in [1.165, 1.54) is 32.1 Å². The molecule has 1 heterocycles. The maximum absolute atomic E-state index is 12.9. The van der Waals surface area contributed by atoms with Gasteiger partial charge >= 0.3 is 6.09 Å². The predicted octanol–water partition coefficient (Wildman–Crippen LogP) is 7.05. The van der Waals surface area contributed by atoms with Crippen molar-refractivity contribution in [3.05, 3.63) is 23.3 Å². The average molecular weight is 478 g/mol. The van der Waals surface area contributed by atoms with Crippen molar-refractivity contribution in [2.24, 2.45) is 0 Å². The van der Waals surface area contributed by atoms with E-state index < -0.39 is 11.3 Å². The van der Waals surface area contributed by atoms with Gasteiger partial charge in [-0.25, -0.2) is 4.79 Å². The number of carbonyl (C=O) groups is 1. The van der Waals surface area contributed by atoms with E-state index in [0.29, 0.717) is 13.2 Å². The highest BCUT2D eigenvalue weighted by molar-refractivity contribution is 5.69. The lowest BCUT2D eigenvalue weighted by Gasteiger charge is -2.35. The number of ether oxygens (including phenoxy) is 4. The number of rotatable bonds is 12. The Hall–Kier alpha value is -1.95. The first-order valence-corrected chi connectivity index (χ1v) is 12.9. The van der Waals surface area contributed by atoms with E-state index in [2.05, 4.69) is 26.0 Å². The van der Waals surface area contributed by atoms with Crippen molar-refractivity contribution < 1.29 is 23.7 Å². The fraction of sp³-hybridized carbons (Fsp3) is 0.750. The summed E-state index contributed by atoms with van der Waals surface area (Å²) in [6.45, 7) is 15.0. The summed E-state index contributed by atoms with van der Waals surface area (Å²) in [7, 11) is 1.69. The Labute approximate surface area is 207 Å². The van der Waals surface area contributed by atoms with Crippen LogP contribution in [0, 0.1) is 6.92 Å². The monoisotopic (exact) mass is 477 g/mol. The molecule has 0 N–H and O–H groups in total. The minimum Gasteiger partial charge on any atom is -0.493 e. The Balaban J connectivity index is 1.98. The molecule has 1 aromatic rings. The summed E-state index contributed by atoms with van der Waals surface area (Å²) in [5.74, 6) is 1.61. The van der Waals surface area contributed by atoms with Crippen LogP contribution in [-0.4, -0.2) is 48.7 Å². The van der Waals surface area contributed by atoms with Crippen LogP contribution in [0.15, 0.2) is 12.1 Å². The Morgan fingerprint density at radius 1 is 1.15 bits per heavy atom. The van der Waals surface area contributed by atoms with Gasteiger partial charge in [0.25, 0.3) is 0 Å². The predicted molar refractivity (Wildman–Crippen MR) is 137 cm³/mol. The molecule has 1 atom stereocenters. The minimum absolute atomic E-state index is 0.0419. The van der Waals surface area contributed by atoms with Gasteiger partial charge in [-0.2, -0.15) is 0 Å². The van der Waals surface area contributed by atoms with Gasteiger partial charge in [0.2, 0.25) is 0 Å². The van der Waals surface area contributed by atoms with E-state index in [4.69, 9.17) is 18.9 Å². The Kier molecular flexibility index (Phi) is 10.5. The summed E-state index contributed by atoms with van der Waals surface area (Å²) in [6.07, 6.45) is 8.68. The molecule has 0 spiro atoms. The van der Waals surface area contributed by atoms with E-state index in [0.717, 1.165) is 41.9 Å². The lowest BCUT2D eigenvalue weighted by Crippen LogP contribution is -2.49. The number of amides is 1. The van der Waals surface area contributed by atoms with Gasteiger partial charge in [-0.3, -0.25) is 4.90 Å². The second kappa shape index (κ2) is 12.7. The van der Waals surface area contributed by atoms with Crippen molar-refractivity contribution in [3.63, 3.8) is 0 Å². The molecule has 34 heavy (non-hydrogen) atoms. The number of unbranched alkanes of at least 4 members (excludes halogenated alkanes) is 5. The molecule has 1 aliphatic rings. The molecule has 0 aliphatic carbocycles. The third-order valence-electron chi connectivity index (χ3n) is 6.20. The molecule has 194 valence electrons. The quantitative estimate of drug-likeness (QED) is 0.302. The van der Waals surface area contributed by atoms with Gasteiger partial charge in [0, 0.05) is 0 Å². The molecule has 1 aromatic carbocycles. The number of methoxy groups -OCH3 is 1. The first-order valence-electron chi connectivity index (χ1n) is 12.9. The zero-order valence-corrected chi connectivity index (χ0v) is 22.8. The van der Waals surface area contributed by atoms with Crippen LogP contribution in [0.4, 0.5) is 4.79 Å². The number of carbonyl (C=O) groups excluding carboxylic acids is 1. The molecule has 0 radical (unpaired) electrons. The average Bonchev–Trinajstić information content (AvgIpc) is 3.05. The van der Waals surface area contributed by atoms with E-state index in [1.807, 2.05) is 34.6 Å². The van der Waals surface area contributed by atoms with E-state index >= 15 is 0 Å². The Bertz CT molecular complexity index is 784. The van der Waals surface area contributed by atoms with Crippen LogP contribution in [0.3, 0.4) is 0 Å². The molecule has 1 unspecified atom stereocenters. The van der Waals surface area contributed by atoms with Gasteiger partial charge in [0.15, 0.2) is 11.5 Å². The maximum Gasteiger partial charge on any atom is 0.412 e. The van der Waals surface area contributed by atoms with Crippen molar-refractivity contribution in [2.75, 3.05) is 20.3 Å². The van der Waals surface area contributed by atoms with Crippen LogP contribution >= 0.6 is 0 Å². The number of hydrogen-bond donors (Lipinski definition) is 0. The standard InChI is InChI=1S/C28H47NO5/c1-9-10-11-12-13-14-17-32-25-21(2)18-22(19-24(25)31-8)15-16-23-20-33-28(6,7)29(23)26(30)34-27(3,4)5/h18-19,23H,9-17,20H2,1-8H3. The van der Waals surface area contributed by atoms with Crippen molar-refractivity contribution in [1.82, 2.24) is 4.90 Å². The topological polar surface area (TPSA) is 57.2 Å².